The van der Waals surface area contributed by atoms with Crippen molar-refractivity contribution in [2.75, 3.05) is 10.6 Å². The van der Waals surface area contributed by atoms with E-state index in [1.807, 2.05) is 0 Å². The van der Waals surface area contributed by atoms with E-state index in [2.05, 4.69) is 10.6 Å². The van der Waals surface area contributed by atoms with Gasteiger partial charge in [0.1, 0.15) is 0 Å². The summed E-state index contributed by atoms with van der Waals surface area (Å²) in [4.78, 5) is 9.65. The van der Waals surface area contributed by atoms with Crippen molar-refractivity contribution in [3.8, 4) is 0 Å². The minimum absolute atomic E-state index is 0.300. The van der Waals surface area contributed by atoms with Gasteiger partial charge in [-0.05, 0) is 30.4 Å². The number of nitrogens with zero attached hydrogens (tertiary/aromatic N) is 1. The molecule has 5 nitrogen and oxygen atoms in total. The van der Waals surface area contributed by atoms with E-state index in [-0.39, 0.29) is 0 Å². The van der Waals surface area contributed by atoms with Crippen LogP contribution in [0.5, 0.6) is 0 Å². The maximum atomic E-state index is 13.1. The second-order valence-corrected chi connectivity index (χ2v) is 5.52. The number of nitrogens with one attached hydrogen (secondary N) is 2. The molecule has 2 aromatic rings. The topological polar surface area (TPSA) is 67.2 Å². The fourth-order valence-corrected chi connectivity index (χ4v) is 2.32. The molecule has 0 spiro atoms. The number of hydrogen-bond acceptors (Lipinski definition) is 3. The normalized spacial score (nSPS) is 11.8. The van der Waals surface area contributed by atoms with Crippen molar-refractivity contribution in [3.05, 3.63) is 63.7 Å². The summed E-state index contributed by atoms with van der Waals surface area (Å²) < 4.78 is 78.2. The Morgan fingerprint density at radius 1 is 0.889 bits per heavy atom. The third kappa shape index (κ3) is 5.06. The van der Waals surface area contributed by atoms with Gasteiger partial charge in [0.05, 0.1) is 27.4 Å². The summed E-state index contributed by atoms with van der Waals surface area (Å²) in [7, 11) is 0. The van der Waals surface area contributed by atoms with Gasteiger partial charge in [0, 0.05) is 12.1 Å². The van der Waals surface area contributed by atoms with Crippen LogP contribution < -0.4 is 10.6 Å². The average Bonchev–Trinajstić information content (AvgIpc) is 2.53. The van der Waals surface area contributed by atoms with Crippen molar-refractivity contribution in [1.29, 1.82) is 0 Å². The number of nitro groups is 1. The zero-order valence-electron chi connectivity index (χ0n) is 13.0. The lowest BCUT2D eigenvalue weighted by molar-refractivity contribution is -0.385. The molecule has 144 valence electrons. The first-order valence-corrected chi connectivity index (χ1v) is 7.40. The molecular weight excluding hydrogens is 400 g/mol. The third-order valence-corrected chi connectivity index (χ3v) is 3.45. The van der Waals surface area contributed by atoms with Crippen LogP contribution in [0.3, 0.4) is 0 Å². The van der Waals surface area contributed by atoms with Gasteiger partial charge in [-0.1, -0.05) is 12.1 Å². The Morgan fingerprint density at radius 2 is 1.41 bits per heavy atom. The minimum Gasteiger partial charge on any atom is -0.332 e. The van der Waals surface area contributed by atoms with Gasteiger partial charge in [0.25, 0.3) is 5.69 Å². The number of alkyl halides is 6. The molecule has 0 aromatic heterocycles. The van der Waals surface area contributed by atoms with Crippen molar-refractivity contribution in [2.45, 2.75) is 12.4 Å². The van der Waals surface area contributed by atoms with Crippen LogP contribution in [0.2, 0.25) is 0 Å². The average molecular weight is 409 g/mol. The molecule has 2 aromatic carbocycles. The molecule has 0 bridgehead atoms. The fourth-order valence-electron chi connectivity index (χ4n) is 2.10. The number of rotatable bonds is 3. The van der Waals surface area contributed by atoms with Gasteiger partial charge in [-0.2, -0.15) is 26.3 Å². The zero-order chi connectivity index (χ0) is 20.4. The maximum absolute atomic E-state index is 13.1. The molecule has 0 saturated heterocycles. The molecule has 0 fully saturated rings. The maximum Gasteiger partial charge on any atom is 0.418 e. The highest BCUT2D eigenvalue weighted by Crippen LogP contribution is 2.38. The van der Waals surface area contributed by atoms with Crippen LogP contribution in [0.4, 0.5) is 43.4 Å². The van der Waals surface area contributed by atoms with E-state index in [1.54, 1.807) is 0 Å². The molecule has 0 heterocycles. The predicted molar refractivity (Wildman–Crippen MR) is 89.4 cm³/mol. The first-order valence-electron chi connectivity index (χ1n) is 6.99. The van der Waals surface area contributed by atoms with Crippen molar-refractivity contribution < 1.29 is 31.3 Å². The van der Waals surface area contributed by atoms with Crippen molar-refractivity contribution in [2.24, 2.45) is 0 Å². The van der Waals surface area contributed by atoms with Gasteiger partial charge in [-0.25, -0.2) is 0 Å². The summed E-state index contributed by atoms with van der Waals surface area (Å²) in [6, 6.07) is 6.13. The molecule has 0 aliphatic carbocycles. The lowest BCUT2D eigenvalue weighted by Gasteiger charge is -2.18. The molecule has 0 aliphatic heterocycles. The molecule has 2 N–H and O–H groups in total. The Labute approximate surface area is 153 Å². The van der Waals surface area contributed by atoms with Gasteiger partial charge in [-0.15, -0.1) is 0 Å². The van der Waals surface area contributed by atoms with E-state index < -0.39 is 50.6 Å². The number of benzene rings is 2. The van der Waals surface area contributed by atoms with E-state index in [0.29, 0.717) is 6.07 Å². The lowest BCUT2D eigenvalue weighted by Crippen LogP contribution is -2.23. The minimum atomic E-state index is -4.95. The van der Waals surface area contributed by atoms with E-state index in [0.717, 1.165) is 30.3 Å². The summed E-state index contributed by atoms with van der Waals surface area (Å²) in [6.07, 6.45) is -9.66. The van der Waals surface area contributed by atoms with Gasteiger partial charge < -0.3 is 10.6 Å². The molecule has 0 atom stereocenters. The fraction of sp³-hybridized carbons (Fsp3) is 0.133. The summed E-state index contributed by atoms with van der Waals surface area (Å²) >= 11 is 4.78. The van der Waals surface area contributed by atoms with E-state index in [1.165, 1.54) is 6.07 Å². The Bertz CT molecular complexity index is 883. The Morgan fingerprint density at radius 3 is 1.93 bits per heavy atom. The number of halogens is 6. The monoisotopic (exact) mass is 409 g/mol. The van der Waals surface area contributed by atoms with Gasteiger partial charge in [0.15, 0.2) is 5.11 Å². The lowest BCUT2D eigenvalue weighted by atomic mass is 10.1. The third-order valence-electron chi connectivity index (χ3n) is 3.25. The van der Waals surface area contributed by atoms with Gasteiger partial charge in [0.2, 0.25) is 0 Å². The van der Waals surface area contributed by atoms with Gasteiger partial charge >= 0.3 is 12.4 Å². The molecule has 0 saturated carbocycles. The highest BCUT2D eigenvalue weighted by Gasteiger charge is 2.36. The van der Waals surface area contributed by atoms with E-state index in [9.17, 15) is 36.5 Å². The Kier molecular flexibility index (Phi) is 5.59. The predicted octanol–water partition coefficient (Wildman–Crippen LogP) is 5.44. The van der Waals surface area contributed by atoms with Crippen molar-refractivity contribution in [3.63, 3.8) is 0 Å². The highest BCUT2D eigenvalue weighted by molar-refractivity contribution is 7.80. The summed E-state index contributed by atoms with van der Waals surface area (Å²) in [6.45, 7) is 0. The van der Waals surface area contributed by atoms with Crippen LogP contribution in [0.25, 0.3) is 0 Å². The number of nitro benzene ring substituents is 1. The van der Waals surface area contributed by atoms with Gasteiger partial charge in [-0.3, -0.25) is 10.1 Å². The van der Waals surface area contributed by atoms with E-state index in [4.69, 9.17) is 12.2 Å². The summed E-state index contributed by atoms with van der Waals surface area (Å²) in [5, 5.41) is 14.4. The second-order valence-electron chi connectivity index (χ2n) is 5.11. The highest BCUT2D eigenvalue weighted by atomic mass is 32.1. The van der Waals surface area contributed by atoms with Crippen molar-refractivity contribution >= 4 is 34.4 Å². The summed E-state index contributed by atoms with van der Waals surface area (Å²) in [5.74, 6) is 0. The van der Waals surface area contributed by atoms with Crippen LogP contribution in [0.1, 0.15) is 11.1 Å². The van der Waals surface area contributed by atoms with Crippen LogP contribution in [-0.4, -0.2) is 10.0 Å². The second kappa shape index (κ2) is 7.39. The molecule has 0 radical (unpaired) electrons. The number of anilines is 2. The van der Waals surface area contributed by atoms with Crippen LogP contribution in [-0.2, 0) is 12.4 Å². The molecule has 0 amide bonds. The quantitative estimate of drug-likeness (QED) is 0.306. The van der Waals surface area contributed by atoms with Crippen molar-refractivity contribution in [1.82, 2.24) is 0 Å². The smallest absolute Gasteiger partial charge is 0.332 e. The molecule has 2 rings (SSSR count). The number of para-hydroxylation sites is 1. The number of non-ortho nitro benzene ring substituents is 1. The Balaban J connectivity index is 2.31. The van der Waals surface area contributed by atoms with Crippen LogP contribution in [0.15, 0.2) is 42.5 Å². The first kappa shape index (κ1) is 20.4. The largest absolute Gasteiger partial charge is 0.418 e. The molecular formula is C15H9F6N3O2S. The Hall–Kier alpha value is -2.89. The molecule has 12 heteroatoms. The first-order chi connectivity index (χ1) is 12.4. The van der Waals surface area contributed by atoms with Crippen LogP contribution in [0, 0.1) is 10.1 Å². The zero-order valence-corrected chi connectivity index (χ0v) is 13.8. The molecule has 0 aliphatic rings. The van der Waals surface area contributed by atoms with Crippen LogP contribution >= 0.6 is 12.2 Å². The number of hydrogen-bond donors (Lipinski definition) is 2. The standard InChI is InChI=1S/C15H9F6N3O2S/c16-14(17,18)9-3-1-2-4-11(9)22-13(27)23-12-6-5-8(24(25)26)7-10(12)15(19,20)21/h1-7H,(H2,22,23,27). The summed E-state index contributed by atoms with van der Waals surface area (Å²) in [5.41, 5.74) is -4.35. The molecule has 0 unspecified atom stereocenters. The van der Waals surface area contributed by atoms with E-state index >= 15 is 0 Å². The molecule has 27 heavy (non-hydrogen) atoms. The SMILES string of the molecule is O=[N+]([O-])c1ccc(NC(=S)Nc2ccccc2C(F)(F)F)c(C(F)(F)F)c1. The number of thiocarbonyl (C=S) groups is 1.